The third kappa shape index (κ3) is 3.28. The Morgan fingerprint density at radius 3 is 2.75 bits per heavy atom. The summed E-state index contributed by atoms with van der Waals surface area (Å²) in [5.41, 5.74) is 1.29. The van der Waals surface area contributed by atoms with Gasteiger partial charge in [-0.25, -0.2) is 0 Å². The summed E-state index contributed by atoms with van der Waals surface area (Å²) in [5.74, 6) is 0.377. The number of thiocarbonyl (C=S) groups is 1. The van der Waals surface area contributed by atoms with Gasteiger partial charge >= 0.3 is 0 Å². The normalized spacial score (nSPS) is 19.2. The van der Waals surface area contributed by atoms with E-state index in [4.69, 9.17) is 4.74 Å². The lowest BCUT2D eigenvalue weighted by Crippen LogP contribution is -2.36. The number of hydrogen-bond donors (Lipinski definition) is 0. The lowest BCUT2D eigenvalue weighted by molar-refractivity contribution is -0.121. The van der Waals surface area contributed by atoms with Gasteiger partial charge in [0.05, 0.1) is 0 Å². The van der Waals surface area contributed by atoms with Crippen LogP contribution in [0.5, 0.6) is 0 Å². The van der Waals surface area contributed by atoms with Crippen molar-refractivity contribution in [3.63, 3.8) is 0 Å². The number of nitrogens with zero attached hydrogens (tertiary/aromatic N) is 1. The number of carbonyl (C=O) groups is 1. The van der Waals surface area contributed by atoms with Crippen molar-refractivity contribution in [2.75, 3.05) is 26.2 Å². The number of ether oxygens (including phenoxy) is 1. The molecule has 0 atom stereocenters. The number of carbonyl (C=O) groups excluding carboxylic acids is 1. The number of ketones is 1. The molecule has 4 heteroatoms. The van der Waals surface area contributed by atoms with Crippen LogP contribution in [0.1, 0.15) is 12.8 Å². The first-order valence-electron chi connectivity index (χ1n) is 4.12. The summed E-state index contributed by atoms with van der Waals surface area (Å²) >= 11 is 4.52. The van der Waals surface area contributed by atoms with E-state index in [0.717, 1.165) is 19.6 Å². The van der Waals surface area contributed by atoms with Crippen molar-refractivity contribution in [2.45, 2.75) is 12.8 Å². The summed E-state index contributed by atoms with van der Waals surface area (Å²) in [7, 11) is 0. The highest BCUT2D eigenvalue weighted by atomic mass is 32.1. The number of rotatable bonds is 4. The van der Waals surface area contributed by atoms with Crippen LogP contribution in [0.4, 0.5) is 0 Å². The van der Waals surface area contributed by atoms with Crippen molar-refractivity contribution in [3.05, 3.63) is 0 Å². The van der Waals surface area contributed by atoms with Gasteiger partial charge in [0.15, 0.2) is 0 Å². The van der Waals surface area contributed by atoms with E-state index in [-0.39, 0.29) is 0 Å². The van der Waals surface area contributed by atoms with E-state index in [1.165, 1.54) is 5.55 Å². The minimum absolute atomic E-state index is 0.377. The Balaban J connectivity index is 2.09. The Bertz CT molecular complexity index is 162. The molecule has 0 aliphatic carbocycles. The van der Waals surface area contributed by atoms with E-state index in [1.54, 1.807) is 0 Å². The predicted octanol–water partition coefficient (Wildman–Crippen LogP) is 0.625. The zero-order chi connectivity index (χ0) is 8.81. The van der Waals surface area contributed by atoms with Gasteiger partial charge in [0.2, 0.25) is 0 Å². The standard InChI is InChI=1S/C8H13NO2S/c10-8-1-3-9(4-2-8)5-6-11-7-12/h7H,1-6H2. The maximum Gasteiger partial charge on any atom is 0.146 e. The van der Waals surface area contributed by atoms with Crippen molar-refractivity contribution in [1.29, 1.82) is 0 Å². The van der Waals surface area contributed by atoms with Crippen LogP contribution in [0.15, 0.2) is 0 Å². The third-order valence-corrected chi connectivity index (χ3v) is 2.14. The molecule has 1 aliphatic heterocycles. The largest absolute Gasteiger partial charge is 0.488 e. The van der Waals surface area contributed by atoms with Gasteiger partial charge in [-0.1, -0.05) is 0 Å². The van der Waals surface area contributed by atoms with Crippen LogP contribution in [0.2, 0.25) is 0 Å². The number of piperidine rings is 1. The topological polar surface area (TPSA) is 29.5 Å². The monoisotopic (exact) mass is 187 g/mol. The Morgan fingerprint density at radius 1 is 1.50 bits per heavy atom. The second kappa shape index (κ2) is 5.22. The van der Waals surface area contributed by atoms with Gasteiger partial charge in [-0.2, -0.15) is 0 Å². The Labute approximate surface area is 77.7 Å². The van der Waals surface area contributed by atoms with Crippen LogP contribution in [-0.4, -0.2) is 42.5 Å². The fraction of sp³-hybridized carbons (Fsp3) is 0.750. The average Bonchev–Trinajstić information content (AvgIpc) is 2.09. The number of hydrogen-bond acceptors (Lipinski definition) is 4. The molecule has 0 bridgehead atoms. The zero-order valence-corrected chi connectivity index (χ0v) is 7.81. The minimum Gasteiger partial charge on any atom is -0.488 e. The lowest BCUT2D eigenvalue weighted by Gasteiger charge is -2.24. The van der Waals surface area contributed by atoms with Crippen LogP contribution in [-0.2, 0) is 9.53 Å². The van der Waals surface area contributed by atoms with Crippen LogP contribution in [0.3, 0.4) is 0 Å². The van der Waals surface area contributed by atoms with Gasteiger partial charge in [-0.3, -0.25) is 9.69 Å². The molecule has 1 rings (SSSR count). The first-order valence-corrected chi connectivity index (χ1v) is 4.59. The van der Waals surface area contributed by atoms with Crippen molar-refractivity contribution in [3.8, 4) is 0 Å². The molecule has 68 valence electrons. The van der Waals surface area contributed by atoms with Gasteiger partial charge in [-0.05, 0) is 12.2 Å². The molecular weight excluding hydrogens is 174 g/mol. The first-order chi connectivity index (χ1) is 5.83. The summed E-state index contributed by atoms with van der Waals surface area (Å²) < 4.78 is 4.93. The van der Waals surface area contributed by atoms with E-state index in [1.807, 2.05) is 0 Å². The molecule has 0 aromatic carbocycles. The van der Waals surface area contributed by atoms with Crippen molar-refractivity contribution >= 4 is 23.6 Å². The molecule has 1 aliphatic rings. The molecule has 0 amide bonds. The molecule has 0 aromatic heterocycles. The van der Waals surface area contributed by atoms with Crippen molar-refractivity contribution in [1.82, 2.24) is 4.90 Å². The molecule has 3 nitrogen and oxygen atoms in total. The summed E-state index contributed by atoms with van der Waals surface area (Å²) in [4.78, 5) is 13.1. The maximum absolute atomic E-state index is 10.9. The molecule has 0 saturated carbocycles. The highest BCUT2D eigenvalue weighted by Crippen LogP contribution is 2.04. The molecule has 0 spiro atoms. The second-order valence-electron chi connectivity index (χ2n) is 2.85. The summed E-state index contributed by atoms with van der Waals surface area (Å²) in [6.07, 6.45) is 1.38. The molecular formula is C8H13NO2S. The van der Waals surface area contributed by atoms with Crippen LogP contribution in [0, 0.1) is 0 Å². The third-order valence-electron chi connectivity index (χ3n) is 2.01. The van der Waals surface area contributed by atoms with Gasteiger partial charge < -0.3 is 4.74 Å². The zero-order valence-electron chi connectivity index (χ0n) is 6.99. The van der Waals surface area contributed by atoms with E-state index in [2.05, 4.69) is 17.1 Å². The Kier molecular flexibility index (Phi) is 4.18. The van der Waals surface area contributed by atoms with Crippen LogP contribution >= 0.6 is 12.2 Å². The minimum atomic E-state index is 0.377. The van der Waals surface area contributed by atoms with E-state index in [9.17, 15) is 4.79 Å². The molecule has 1 heterocycles. The number of likely N-dealkylation sites (tertiary alicyclic amines) is 1. The van der Waals surface area contributed by atoms with E-state index >= 15 is 0 Å². The second-order valence-corrected chi connectivity index (χ2v) is 3.04. The average molecular weight is 187 g/mol. The summed E-state index contributed by atoms with van der Waals surface area (Å²) in [6, 6.07) is 0. The van der Waals surface area contributed by atoms with Gasteiger partial charge in [0, 0.05) is 32.5 Å². The molecule has 1 fully saturated rings. The first kappa shape index (κ1) is 9.61. The highest BCUT2D eigenvalue weighted by molar-refractivity contribution is 7.78. The fourth-order valence-electron chi connectivity index (χ4n) is 1.26. The summed E-state index contributed by atoms with van der Waals surface area (Å²) in [6.45, 7) is 3.26. The molecule has 0 aromatic rings. The Hall–Kier alpha value is -0.480. The predicted molar refractivity (Wildman–Crippen MR) is 50.3 cm³/mol. The quantitative estimate of drug-likeness (QED) is 0.477. The van der Waals surface area contributed by atoms with Crippen LogP contribution in [0.25, 0.3) is 0 Å². The molecule has 0 unspecified atom stereocenters. The van der Waals surface area contributed by atoms with Crippen molar-refractivity contribution in [2.24, 2.45) is 0 Å². The molecule has 0 radical (unpaired) electrons. The highest BCUT2D eigenvalue weighted by Gasteiger charge is 2.14. The molecule has 1 saturated heterocycles. The molecule has 0 N–H and O–H groups in total. The fourth-order valence-corrected chi connectivity index (χ4v) is 1.35. The number of Topliss-reactive ketones (excluding diaryl/α,β-unsaturated/α-hetero) is 1. The van der Waals surface area contributed by atoms with Gasteiger partial charge in [-0.15, -0.1) is 0 Å². The van der Waals surface area contributed by atoms with Crippen LogP contribution < -0.4 is 0 Å². The van der Waals surface area contributed by atoms with E-state index < -0.39 is 0 Å². The lowest BCUT2D eigenvalue weighted by atomic mass is 10.1. The van der Waals surface area contributed by atoms with E-state index in [0.29, 0.717) is 25.2 Å². The SMILES string of the molecule is O=C1CCN(CCOC=S)CC1. The Morgan fingerprint density at radius 2 is 2.17 bits per heavy atom. The smallest absolute Gasteiger partial charge is 0.146 e. The van der Waals surface area contributed by atoms with Gasteiger partial charge in [0.1, 0.15) is 17.9 Å². The molecule has 12 heavy (non-hydrogen) atoms. The van der Waals surface area contributed by atoms with Crippen molar-refractivity contribution < 1.29 is 9.53 Å². The maximum atomic E-state index is 10.9. The van der Waals surface area contributed by atoms with Gasteiger partial charge in [0.25, 0.3) is 0 Å². The summed E-state index contributed by atoms with van der Waals surface area (Å²) in [5, 5.41) is 0.